The highest BCUT2D eigenvalue weighted by molar-refractivity contribution is 5.69. The first-order valence-corrected chi connectivity index (χ1v) is 7.67. The molecule has 2 aliphatic rings. The van der Waals surface area contributed by atoms with Crippen molar-refractivity contribution in [3.63, 3.8) is 0 Å². The van der Waals surface area contributed by atoms with E-state index in [9.17, 15) is 13.6 Å². The van der Waals surface area contributed by atoms with Gasteiger partial charge in [0, 0.05) is 31.3 Å². The van der Waals surface area contributed by atoms with E-state index < -0.39 is 17.4 Å². The van der Waals surface area contributed by atoms with Crippen LogP contribution in [0.15, 0.2) is 12.3 Å². The Kier molecular flexibility index (Phi) is 3.90. The van der Waals surface area contributed by atoms with Crippen LogP contribution < -0.4 is 4.74 Å². The molecule has 1 aromatic heterocycles. The lowest BCUT2D eigenvalue weighted by Gasteiger charge is -2.25. The number of ether oxygens (including phenoxy) is 2. The number of pyridine rings is 1. The molecule has 3 rings (SSSR count). The zero-order chi connectivity index (χ0) is 16.8. The van der Waals surface area contributed by atoms with Crippen LogP contribution >= 0.6 is 0 Å². The van der Waals surface area contributed by atoms with Gasteiger partial charge >= 0.3 is 6.09 Å². The summed E-state index contributed by atoms with van der Waals surface area (Å²) in [6, 6.07) is 1.31. The third-order valence-electron chi connectivity index (χ3n) is 4.27. The van der Waals surface area contributed by atoms with Gasteiger partial charge in [-0.05, 0) is 32.6 Å². The van der Waals surface area contributed by atoms with E-state index in [2.05, 4.69) is 4.98 Å². The van der Waals surface area contributed by atoms with Crippen LogP contribution in [0, 0.1) is 29.5 Å². The average molecular weight is 326 g/mol. The maximum absolute atomic E-state index is 13.5. The Bertz CT molecular complexity index is 606. The minimum Gasteiger partial charge on any atom is -0.490 e. The number of hydrogen-bond acceptors (Lipinski definition) is 4. The Balaban J connectivity index is 1.47. The van der Waals surface area contributed by atoms with E-state index in [0.29, 0.717) is 31.5 Å². The summed E-state index contributed by atoms with van der Waals surface area (Å²) in [6.07, 6.45) is 0.873. The molecular formula is C16H20F2N2O3. The minimum absolute atomic E-state index is 0.119. The maximum atomic E-state index is 13.5. The van der Waals surface area contributed by atoms with Gasteiger partial charge in [-0.2, -0.15) is 8.78 Å². The van der Waals surface area contributed by atoms with Crippen LogP contribution in [0.2, 0.25) is 0 Å². The van der Waals surface area contributed by atoms with E-state index in [-0.39, 0.29) is 17.8 Å². The topological polar surface area (TPSA) is 51.7 Å². The predicted octanol–water partition coefficient (Wildman–Crippen LogP) is 2.85. The molecule has 7 heteroatoms. The number of carbonyl (C=O) groups is 1. The van der Waals surface area contributed by atoms with Gasteiger partial charge in [0.15, 0.2) is 5.75 Å². The number of hydrogen-bond donors (Lipinski definition) is 0. The standard InChI is InChI=1S/C16H20F2N2O3/c1-16(2,3)23-15(21)20-6-9-10(7-20)11(9)8-22-12-4-5-19-14(18)13(12)17/h4-5,9-11H,6-8H2,1-3H3/t9-,10+,11?. The summed E-state index contributed by atoms with van der Waals surface area (Å²) in [5.74, 6) is -1.38. The fourth-order valence-corrected chi connectivity index (χ4v) is 3.07. The molecule has 0 N–H and O–H groups in total. The van der Waals surface area contributed by atoms with Gasteiger partial charge in [-0.1, -0.05) is 0 Å². The van der Waals surface area contributed by atoms with E-state index in [1.54, 1.807) is 4.90 Å². The molecule has 23 heavy (non-hydrogen) atoms. The van der Waals surface area contributed by atoms with Crippen molar-refractivity contribution >= 4 is 6.09 Å². The smallest absolute Gasteiger partial charge is 0.410 e. The Morgan fingerprint density at radius 1 is 1.35 bits per heavy atom. The number of nitrogens with zero attached hydrogens (tertiary/aromatic N) is 2. The summed E-state index contributed by atoms with van der Waals surface area (Å²) < 4.78 is 37.2. The number of aromatic nitrogens is 1. The Hall–Kier alpha value is -1.92. The van der Waals surface area contributed by atoms with Gasteiger partial charge in [0.2, 0.25) is 5.82 Å². The second-order valence-corrected chi connectivity index (χ2v) is 7.10. The van der Waals surface area contributed by atoms with Crippen molar-refractivity contribution in [3.05, 3.63) is 24.0 Å². The van der Waals surface area contributed by atoms with E-state index in [0.717, 1.165) is 0 Å². The van der Waals surface area contributed by atoms with Gasteiger partial charge in [0.1, 0.15) is 5.60 Å². The van der Waals surface area contributed by atoms with Gasteiger partial charge in [0.25, 0.3) is 5.95 Å². The predicted molar refractivity (Wildman–Crippen MR) is 77.9 cm³/mol. The molecule has 3 atom stereocenters. The largest absolute Gasteiger partial charge is 0.490 e. The van der Waals surface area contributed by atoms with Crippen molar-refractivity contribution < 1.29 is 23.0 Å². The van der Waals surface area contributed by atoms with Crippen molar-refractivity contribution in [1.82, 2.24) is 9.88 Å². The van der Waals surface area contributed by atoms with Crippen LogP contribution in [0.4, 0.5) is 13.6 Å². The summed E-state index contributed by atoms with van der Waals surface area (Å²) >= 11 is 0. The van der Waals surface area contributed by atoms with Gasteiger partial charge in [-0.25, -0.2) is 9.78 Å². The SMILES string of the molecule is CC(C)(C)OC(=O)N1C[C@@H]2C(COc3ccnc(F)c3F)[C@@H]2C1. The molecule has 1 aliphatic heterocycles. The molecule has 126 valence electrons. The first kappa shape index (κ1) is 16.0. The highest BCUT2D eigenvalue weighted by Gasteiger charge is 2.57. The molecule has 2 heterocycles. The summed E-state index contributed by atoms with van der Waals surface area (Å²) in [7, 11) is 0. The maximum Gasteiger partial charge on any atom is 0.410 e. The first-order chi connectivity index (χ1) is 10.8. The number of amides is 1. The summed E-state index contributed by atoms with van der Waals surface area (Å²) in [6.45, 7) is 7.07. The lowest BCUT2D eigenvalue weighted by Crippen LogP contribution is -2.37. The third kappa shape index (κ3) is 3.38. The lowest BCUT2D eigenvalue weighted by atomic mass is 10.2. The molecule has 1 aliphatic carbocycles. The Morgan fingerprint density at radius 2 is 2.00 bits per heavy atom. The number of likely N-dealkylation sites (tertiary alicyclic amines) is 1. The molecule has 1 saturated carbocycles. The summed E-state index contributed by atoms with van der Waals surface area (Å²) in [5, 5.41) is 0. The molecule has 1 aromatic rings. The monoisotopic (exact) mass is 326 g/mol. The molecule has 2 fully saturated rings. The molecule has 5 nitrogen and oxygen atoms in total. The van der Waals surface area contributed by atoms with Gasteiger partial charge in [-0.15, -0.1) is 0 Å². The van der Waals surface area contributed by atoms with E-state index in [4.69, 9.17) is 9.47 Å². The van der Waals surface area contributed by atoms with Crippen molar-refractivity contribution in [1.29, 1.82) is 0 Å². The second-order valence-electron chi connectivity index (χ2n) is 7.10. The van der Waals surface area contributed by atoms with Crippen LogP contribution in [-0.4, -0.2) is 41.3 Å². The van der Waals surface area contributed by atoms with Crippen molar-refractivity contribution in [2.24, 2.45) is 17.8 Å². The van der Waals surface area contributed by atoms with Crippen LogP contribution in [0.1, 0.15) is 20.8 Å². The zero-order valence-corrected chi connectivity index (χ0v) is 13.4. The molecule has 0 aromatic carbocycles. The van der Waals surface area contributed by atoms with Crippen molar-refractivity contribution in [3.8, 4) is 5.75 Å². The van der Waals surface area contributed by atoms with Gasteiger partial charge in [0.05, 0.1) is 6.61 Å². The number of rotatable bonds is 3. The normalized spacial score (nSPS) is 26.0. The molecule has 0 radical (unpaired) electrons. The average Bonchev–Trinajstić information content (AvgIpc) is 2.90. The number of halogens is 2. The van der Waals surface area contributed by atoms with E-state index >= 15 is 0 Å². The second kappa shape index (κ2) is 5.62. The van der Waals surface area contributed by atoms with Gasteiger partial charge < -0.3 is 14.4 Å². The van der Waals surface area contributed by atoms with Gasteiger partial charge in [-0.3, -0.25) is 0 Å². The molecule has 0 bridgehead atoms. The van der Waals surface area contributed by atoms with Crippen LogP contribution in [0.3, 0.4) is 0 Å². The highest BCUT2D eigenvalue weighted by atomic mass is 19.2. The molecule has 1 unspecified atom stereocenters. The quantitative estimate of drug-likeness (QED) is 0.802. The third-order valence-corrected chi connectivity index (χ3v) is 4.27. The Labute approximate surface area is 133 Å². The molecule has 1 saturated heterocycles. The van der Waals surface area contributed by atoms with Crippen LogP contribution in [-0.2, 0) is 4.74 Å². The number of piperidine rings is 1. The van der Waals surface area contributed by atoms with E-state index in [1.807, 2.05) is 20.8 Å². The fraction of sp³-hybridized carbons (Fsp3) is 0.625. The first-order valence-electron chi connectivity index (χ1n) is 7.67. The van der Waals surface area contributed by atoms with E-state index in [1.165, 1.54) is 12.3 Å². The number of carbonyl (C=O) groups excluding carboxylic acids is 1. The van der Waals surface area contributed by atoms with Crippen LogP contribution in [0.25, 0.3) is 0 Å². The summed E-state index contributed by atoms with van der Waals surface area (Å²) in [4.78, 5) is 16.9. The molecular weight excluding hydrogens is 306 g/mol. The lowest BCUT2D eigenvalue weighted by molar-refractivity contribution is 0.0260. The minimum atomic E-state index is -1.16. The molecule has 0 spiro atoms. The molecule has 1 amide bonds. The van der Waals surface area contributed by atoms with Crippen molar-refractivity contribution in [2.75, 3.05) is 19.7 Å². The van der Waals surface area contributed by atoms with Crippen LogP contribution in [0.5, 0.6) is 5.75 Å². The number of fused-ring (bicyclic) bond motifs is 1. The highest BCUT2D eigenvalue weighted by Crippen LogP contribution is 2.52. The Morgan fingerprint density at radius 3 is 2.61 bits per heavy atom. The van der Waals surface area contributed by atoms with Crippen molar-refractivity contribution in [2.45, 2.75) is 26.4 Å². The summed E-state index contributed by atoms with van der Waals surface area (Å²) in [5.41, 5.74) is -0.505. The fourth-order valence-electron chi connectivity index (χ4n) is 3.07. The zero-order valence-electron chi connectivity index (χ0n) is 13.4.